The Kier molecular flexibility index (Phi) is 6.54. The van der Waals surface area contributed by atoms with Crippen molar-refractivity contribution in [3.8, 4) is 11.4 Å². The van der Waals surface area contributed by atoms with Crippen LogP contribution in [-0.4, -0.2) is 53.7 Å². The van der Waals surface area contributed by atoms with Gasteiger partial charge in [0.1, 0.15) is 6.54 Å². The monoisotopic (exact) mass is 372 g/mol. The van der Waals surface area contributed by atoms with Crippen molar-refractivity contribution in [2.24, 2.45) is 0 Å². The van der Waals surface area contributed by atoms with Crippen LogP contribution in [0.15, 0.2) is 34.9 Å². The Hall–Kier alpha value is -2.74. The maximum absolute atomic E-state index is 11.9. The summed E-state index contributed by atoms with van der Waals surface area (Å²) in [5, 5.41) is 6.67. The molecule has 1 aromatic carbocycles. The van der Waals surface area contributed by atoms with Crippen molar-refractivity contribution < 1.29 is 18.8 Å². The second-order valence-electron chi connectivity index (χ2n) is 6.47. The molecular weight excluding hydrogens is 348 g/mol. The van der Waals surface area contributed by atoms with E-state index in [-0.39, 0.29) is 18.5 Å². The van der Waals surface area contributed by atoms with Crippen molar-refractivity contribution in [3.05, 3.63) is 36.2 Å². The molecule has 27 heavy (non-hydrogen) atoms. The molecule has 0 spiro atoms. The lowest BCUT2D eigenvalue weighted by molar-refractivity contribution is -0.141. The standard InChI is InChI=1S/C19H24N4O4/c1-26-17(25)13-20-16(24)10-12-23-11-6-5-9-15(23)19-21-18(22-27-19)14-7-3-2-4-8-14/h2-4,7-8,15H,5-6,9-13H2,1H3,(H,20,24). The lowest BCUT2D eigenvalue weighted by Crippen LogP contribution is -2.38. The number of nitrogens with one attached hydrogen (secondary N) is 1. The molecule has 0 saturated carbocycles. The maximum atomic E-state index is 11.9. The Morgan fingerprint density at radius 2 is 2.11 bits per heavy atom. The number of methoxy groups -OCH3 is 1. The second kappa shape index (κ2) is 9.27. The summed E-state index contributed by atoms with van der Waals surface area (Å²) in [5.74, 6) is 0.522. The summed E-state index contributed by atoms with van der Waals surface area (Å²) in [6, 6.07) is 9.71. The van der Waals surface area contributed by atoms with Crippen LogP contribution in [-0.2, 0) is 14.3 Å². The van der Waals surface area contributed by atoms with Gasteiger partial charge >= 0.3 is 5.97 Å². The average Bonchev–Trinajstić information content (AvgIpc) is 3.21. The van der Waals surface area contributed by atoms with Crippen molar-refractivity contribution in [2.75, 3.05) is 26.7 Å². The minimum atomic E-state index is -0.460. The molecule has 1 aliphatic heterocycles. The van der Waals surface area contributed by atoms with Gasteiger partial charge in [-0.15, -0.1) is 0 Å². The smallest absolute Gasteiger partial charge is 0.325 e. The fraction of sp³-hybridized carbons (Fsp3) is 0.474. The summed E-state index contributed by atoms with van der Waals surface area (Å²) >= 11 is 0. The summed E-state index contributed by atoms with van der Waals surface area (Å²) < 4.78 is 10.0. The van der Waals surface area contributed by atoms with Gasteiger partial charge in [-0.3, -0.25) is 14.5 Å². The van der Waals surface area contributed by atoms with Crippen molar-refractivity contribution in [2.45, 2.75) is 31.7 Å². The summed E-state index contributed by atoms with van der Waals surface area (Å²) in [7, 11) is 1.29. The van der Waals surface area contributed by atoms with E-state index in [0.29, 0.717) is 24.7 Å². The van der Waals surface area contributed by atoms with Crippen molar-refractivity contribution in [1.29, 1.82) is 0 Å². The van der Waals surface area contributed by atoms with Crippen LogP contribution in [0.2, 0.25) is 0 Å². The van der Waals surface area contributed by atoms with Crippen LogP contribution in [0.5, 0.6) is 0 Å². The number of rotatable bonds is 7. The van der Waals surface area contributed by atoms with Gasteiger partial charge in [0, 0.05) is 18.5 Å². The van der Waals surface area contributed by atoms with Crippen molar-refractivity contribution >= 4 is 11.9 Å². The molecule has 2 aromatic rings. The zero-order valence-electron chi connectivity index (χ0n) is 15.4. The van der Waals surface area contributed by atoms with Gasteiger partial charge in [-0.2, -0.15) is 4.98 Å². The first kappa shape index (κ1) is 19.0. The molecule has 3 rings (SSSR count). The number of likely N-dealkylation sites (tertiary alicyclic amines) is 1. The number of aromatic nitrogens is 2. The van der Waals surface area contributed by atoms with E-state index < -0.39 is 5.97 Å². The number of hydrogen-bond donors (Lipinski definition) is 1. The van der Waals surface area contributed by atoms with Gasteiger partial charge < -0.3 is 14.6 Å². The second-order valence-corrected chi connectivity index (χ2v) is 6.47. The van der Waals surface area contributed by atoms with Crippen LogP contribution in [0, 0.1) is 0 Å². The third kappa shape index (κ3) is 5.13. The molecule has 1 aromatic heterocycles. The van der Waals surface area contributed by atoms with Gasteiger partial charge in [-0.25, -0.2) is 0 Å². The van der Waals surface area contributed by atoms with E-state index in [2.05, 4.69) is 25.1 Å². The first-order valence-electron chi connectivity index (χ1n) is 9.14. The lowest BCUT2D eigenvalue weighted by atomic mass is 10.0. The Bertz CT molecular complexity index is 762. The Labute approximate surface area is 157 Å². The summed E-state index contributed by atoms with van der Waals surface area (Å²) in [5.41, 5.74) is 0.914. The summed E-state index contributed by atoms with van der Waals surface area (Å²) in [4.78, 5) is 29.8. The third-order valence-corrected chi connectivity index (χ3v) is 4.66. The molecule has 0 aliphatic carbocycles. The molecule has 2 heterocycles. The Morgan fingerprint density at radius 3 is 2.89 bits per heavy atom. The maximum Gasteiger partial charge on any atom is 0.325 e. The number of esters is 1. The fourth-order valence-electron chi connectivity index (χ4n) is 3.19. The van der Waals surface area contributed by atoms with E-state index in [1.165, 1.54) is 7.11 Å². The number of carbonyl (C=O) groups is 2. The first-order chi connectivity index (χ1) is 13.2. The van der Waals surface area contributed by atoms with Crippen LogP contribution in [0.4, 0.5) is 0 Å². The number of amides is 1. The molecule has 1 fully saturated rings. The highest BCUT2D eigenvalue weighted by Crippen LogP contribution is 2.31. The van der Waals surface area contributed by atoms with Crippen LogP contribution >= 0.6 is 0 Å². The van der Waals surface area contributed by atoms with E-state index in [1.54, 1.807) is 0 Å². The number of benzene rings is 1. The minimum Gasteiger partial charge on any atom is -0.468 e. The fourth-order valence-corrected chi connectivity index (χ4v) is 3.19. The van der Waals surface area contributed by atoms with Gasteiger partial charge in [0.05, 0.1) is 13.2 Å². The van der Waals surface area contributed by atoms with E-state index in [9.17, 15) is 9.59 Å². The lowest BCUT2D eigenvalue weighted by Gasteiger charge is -2.33. The van der Waals surface area contributed by atoms with Gasteiger partial charge in [0.15, 0.2) is 0 Å². The van der Waals surface area contributed by atoms with E-state index in [0.717, 1.165) is 31.4 Å². The normalized spacial score (nSPS) is 17.4. The molecule has 1 atom stereocenters. The molecule has 1 saturated heterocycles. The molecule has 144 valence electrons. The number of hydrogen-bond acceptors (Lipinski definition) is 7. The molecule has 0 radical (unpaired) electrons. The highest BCUT2D eigenvalue weighted by atomic mass is 16.5. The zero-order valence-corrected chi connectivity index (χ0v) is 15.4. The van der Waals surface area contributed by atoms with E-state index >= 15 is 0 Å². The van der Waals surface area contributed by atoms with Gasteiger partial charge in [-0.1, -0.05) is 41.9 Å². The predicted octanol–water partition coefficient (Wildman–Crippen LogP) is 1.94. The van der Waals surface area contributed by atoms with Crippen LogP contribution < -0.4 is 5.32 Å². The predicted molar refractivity (Wildman–Crippen MR) is 97.5 cm³/mol. The molecule has 1 unspecified atom stereocenters. The number of piperidine rings is 1. The summed E-state index contributed by atoms with van der Waals surface area (Å²) in [6.45, 7) is 1.33. The average molecular weight is 372 g/mol. The number of nitrogens with zero attached hydrogens (tertiary/aromatic N) is 3. The Balaban J connectivity index is 1.60. The number of ether oxygens (including phenoxy) is 1. The molecule has 0 bridgehead atoms. The molecule has 8 heteroatoms. The molecule has 1 amide bonds. The van der Waals surface area contributed by atoms with Crippen molar-refractivity contribution in [1.82, 2.24) is 20.4 Å². The van der Waals surface area contributed by atoms with Crippen molar-refractivity contribution in [3.63, 3.8) is 0 Å². The zero-order chi connectivity index (χ0) is 19.1. The Morgan fingerprint density at radius 1 is 1.30 bits per heavy atom. The van der Waals surface area contributed by atoms with Crippen LogP contribution in [0.1, 0.15) is 37.6 Å². The SMILES string of the molecule is COC(=O)CNC(=O)CCN1CCCCC1c1nc(-c2ccccc2)no1. The van der Waals surface area contributed by atoms with E-state index in [4.69, 9.17) is 4.52 Å². The highest BCUT2D eigenvalue weighted by Gasteiger charge is 2.29. The topological polar surface area (TPSA) is 97.6 Å². The first-order valence-corrected chi connectivity index (χ1v) is 9.14. The number of carbonyl (C=O) groups excluding carboxylic acids is 2. The van der Waals surface area contributed by atoms with Crippen LogP contribution in [0.25, 0.3) is 11.4 Å². The molecule has 8 nitrogen and oxygen atoms in total. The summed E-state index contributed by atoms with van der Waals surface area (Å²) in [6.07, 6.45) is 3.37. The molecule has 1 aliphatic rings. The minimum absolute atomic E-state index is 0.0112. The van der Waals surface area contributed by atoms with E-state index in [1.807, 2.05) is 30.3 Å². The highest BCUT2D eigenvalue weighted by molar-refractivity contribution is 5.81. The van der Waals surface area contributed by atoms with Gasteiger partial charge in [0.25, 0.3) is 0 Å². The molecule has 1 N–H and O–H groups in total. The van der Waals surface area contributed by atoms with Gasteiger partial charge in [0.2, 0.25) is 17.6 Å². The largest absolute Gasteiger partial charge is 0.468 e. The van der Waals surface area contributed by atoms with Gasteiger partial charge in [-0.05, 0) is 19.4 Å². The van der Waals surface area contributed by atoms with Crippen LogP contribution in [0.3, 0.4) is 0 Å². The third-order valence-electron chi connectivity index (χ3n) is 4.66. The quantitative estimate of drug-likeness (QED) is 0.742. The molecular formula is C19H24N4O4.